The summed E-state index contributed by atoms with van der Waals surface area (Å²) in [4.78, 5) is 0. The van der Waals surface area contributed by atoms with Crippen LogP contribution < -0.4 is 0 Å². The Bertz CT molecular complexity index is 959. The number of hydrogen-bond acceptors (Lipinski definition) is 3. The molecule has 0 saturated carbocycles. The monoisotopic (exact) mass is 407 g/mol. The smallest absolute Gasteiger partial charge is 0.141 e. The first-order chi connectivity index (χ1) is 13.9. The van der Waals surface area contributed by atoms with E-state index in [0.717, 1.165) is 16.7 Å². The van der Waals surface area contributed by atoms with Gasteiger partial charge in [0.15, 0.2) is 0 Å². The second-order valence-electron chi connectivity index (χ2n) is 8.14. The van der Waals surface area contributed by atoms with Gasteiger partial charge in [-0.25, -0.2) is 0 Å². The van der Waals surface area contributed by atoms with Crippen molar-refractivity contribution in [3.8, 4) is 0 Å². The van der Waals surface area contributed by atoms with Gasteiger partial charge in [0.1, 0.15) is 5.60 Å². The minimum atomic E-state index is -0.643. The second kappa shape index (κ2) is 7.58. The predicted octanol–water partition coefficient (Wildman–Crippen LogP) is 6.32. The Balaban J connectivity index is 1.85. The van der Waals surface area contributed by atoms with Gasteiger partial charge in [-0.15, -0.1) is 0 Å². The molecule has 1 saturated heterocycles. The summed E-state index contributed by atoms with van der Waals surface area (Å²) in [5.41, 5.74) is 1.75. The third kappa shape index (κ3) is 3.49. The molecule has 3 aromatic carbocycles. The molecule has 1 aliphatic heterocycles. The molecule has 0 bridgehead atoms. The second-order valence-corrected chi connectivity index (χ2v) is 8.58. The zero-order chi connectivity index (χ0) is 20.6. The Morgan fingerprint density at radius 1 is 0.931 bits per heavy atom. The molecule has 0 spiro atoms. The van der Waals surface area contributed by atoms with Gasteiger partial charge in [-0.2, -0.15) is 5.06 Å². The van der Waals surface area contributed by atoms with Crippen LogP contribution in [0.1, 0.15) is 43.5 Å². The Morgan fingerprint density at radius 3 is 1.97 bits per heavy atom. The average molecular weight is 408 g/mol. The van der Waals surface area contributed by atoms with E-state index in [1.807, 2.05) is 86.6 Å². The van der Waals surface area contributed by atoms with Crippen LogP contribution in [0.4, 0.5) is 0 Å². The highest BCUT2D eigenvalue weighted by atomic mass is 35.5. The van der Waals surface area contributed by atoms with Gasteiger partial charge in [0.05, 0.1) is 17.7 Å². The summed E-state index contributed by atoms with van der Waals surface area (Å²) in [5, 5.41) is 13.8. The van der Waals surface area contributed by atoms with Crippen LogP contribution in [-0.4, -0.2) is 16.4 Å². The maximum atomic E-state index is 11.7. The number of rotatable bonds is 6. The molecule has 1 heterocycles. The summed E-state index contributed by atoms with van der Waals surface area (Å²) >= 11 is 6.15. The summed E-state index contributed by atoms with van der Waals surface area (Å²) in [7, 11) is 0. The van der Waals surface area contributed by atoms with Crippen molar-refractivity contribution >= 4 is 11.6 Å². The maximum absolute atomic E-state index is 11.7. The molecule has 29 heavy (non-hydrogen) atoms. The standard InChI is InChI=1S/C25H26ClNO2/c1-18-25(29-18,21-12-8-5-9-13-21)23(19-14-16-22(26)17-15-19)27(28)24(2,3)20-10-6-4-7-11-20/h4-18,23,28H,1-3H3/t18-,23-,25+/m1/s1. The first-order valence-electron chi connectivity index (χ1n) is 9.90. The van der Waals surface area contributed by atoms with Crippen molar-refractivity contribution in [1.29, 1.82) is 0 Å². The molecule has 1 fully saturated rings. The minimum Gasteiger partial charge on any atom is -0.359 e. The summed E-state index contributed by atoms with van der Waals surface area (Å²) in [5.74, 6) is 0. The number of nitrogens with zero attached hydrogens (tertiary/aromatic N) is 1. The van der Waals surface area contributed by atoms with Gasteiger partial charge in [-0.05, 0) is 49.6 Å². The lowest BCUT2D eigenvalue weighted by atomic mass is 9.81. The molecule has 0 unspecified atom stereocenters. The molecule has 3 aromatic rings. The number of hydroxylamine groups is 2. The fourth-order valence-electron chi connectivity index (χ4n) is 4.22. The van der Waals surface area contributed by atoms with Crippen LogP contribution in [0.5, 0.6) is 0 Å². The Morgan fingerprint density at radius 2 is 1.45 bits per heavy atom. The Labute approximate surface area is 177 Å². The van der Waals surface area contributed by atoms with E-state index in [1.165, 1.54) is 5.06 Å². The van der Waals surface area contributed by atoms with Crippen LogP contribution in [0.3, 0.4) is 0 Å². The molecular weight excluding hydrogens is 382 g/mol. The van der Waals surface area contributed by atoms with Gasteiger partial charge in [0, 0.05) is 5.02 Å². The third-order valence-electron chi connectivity index (χ3n) is 6.03. The van der Waals surface area contributed by atoms with Gasteiger partial charge in [0.25, 0.3) is 0 Å². The van der Waals surface area contributed by atoms with Crippen molar-refractivity contribution in [2.45, 2.75) is 44.1 Å². The fourth-order valence-corrected chi connectivity index (χ4v) is 4.35. The summed E-state index contributed by atoms with van der Waals surface area (Å²) < 4.78 is 6.25. The van der Waals surface area contributed by atoms with E-state index in [1.54, 1.807) is 0 Å². The number of benzene rings is 3. The lowest BCUT2D eigenvalue weighted by molar-refractivity contribution is -0.215. The first kappa shape index (κ1) is 20.1. The van der Waals surface area contributed by atoms with Crippen molar-refractivity contribution in [2.75, 3.05) is 0 Å². The van der Waals surface area contributed by atoms with Crippen molar-refractivity contribution in [1.82, 2.24) is 5.06 Å². The molecule has 0 aromatic heterocycles. The van der Waals surface area contributed by atoms with E-state index in [0.29, 0.717) is 5.02 Å². The molecule has 1 aliphatic rings. The van der Waals surface area contributed by atoms with Gasteiger partial charge in [0.2, 0.25) is 0 Å². The summed E-state index contributed by atoms with van der Waals surface area (Å²) in [6, 6.07) is 27.4. The van der Waals surface area contributed by atoms with Crippen LogP contribution in [-0.2, 0) is 15.9 Å². The number of epoxide rings is 1. The molecule has 0 amide bonds. The molecule has 3 nitrogen and oxygen atoms in total. The Kier molecular flexibility index (Phi) is 5.26. The van der Waals surface area contributed by atoms with E-state index in [-0.39, 0.29) is 6.10 Å². The first-order valence-corrected chi connectivity index (χ1v) is 10.3. The van der Waals surface area contributed by atoms with Crippen LogP contribution in [0.2, 0.25) is 5.02 Å². The van der Waals surface area contributed by atoms with E-state index < -0.39 is 17.2 Å². The van der Waals surface area contributed by atoms with Gasteiger partial charge in [-0.1, -0.05) is 84.4 Å². The molecule has 4 rings (SSSR count). The van der Waals surface area contributed by atoms with Crippen molar-refractivity contribution in [2.24, 2.45) is 0 Å². The molecule has 4 heteroatoms. The highest BCUT2D eigenvalue weighted by Gasteiger charge is 2.63. The highest BCUT2D eigenvalue weighted by Crippen LogP contribution is 2.58. The summed E-state index contributed by atoms with van der Waals surface area (Å²) in [6.45, 7) is 6.10. The van der Waals surface area contributed by atoms with E-state index in [4.69, 9.17) is 16.3 Å². The third-order valence-corrected chi connectivity index (χ3v) is 6.28. The predicted molar refractivity (Wildman–Crippen MR) is 116 cm³/mol. The zero-order valence-corrected chi connectivity index (χ0v) is 17.7. The SMILES string of the molecule is C[C@H]1O[C@@]1(c1ccccc1)[C@@H](c1ccc(Cl)cc1)N(O)C(C)(C)c1ccccc1. The molecular formula is C25H26ClNO2. The average Bonchev–Trinajstić information content (AvgIpc) is 3.42. The van der Waals surface area contributed by atoms with Crippen LogP contribution >= 0.6 is 11.6 Å². The lowest BCUT2D eigenvalue weighted by Crippen LogP contribution is -2.46. The van der Waals surface area contributed by atoms with Gasteiger partial charge in [-0.3, -0.25) is 0 Å². The number of halogens is 1. The topological polar surface area (TPSA) is 36.0 Å². The molecule has 0 aliphatic carbocycles. The molecule has 0 radical (unpaired) electrons. The van der Waals surface area contributed by atoms with E-state index in [9.17, 15) is 5.21 Å². The fraction of sp³-hybridized carbons (Fsp3) is 0.280. The minimum absolute atomic E-state index is 0.0354. The van der Waals surface area contributed by atoms with Crippen LogP contribution in [0, 0.1) is 0 Å². The van der Waals surface area contributed by atoms with Crippen molar-refractivity contribution in [3.05, 3.63) is 107 Å². The maximum Gasteiger partial charge on any atom is 0.141 e. The van der Waals surface area contributed by atoms with Gasteiger partial charge >= 0.3 is 0 Å². The van der Waals surface area contributed by atoms with E-state index >= 15 is 0 Å². The molecule has 150 valence electrons. The number of hydrogen-bond donors (Lipinski definition) is 1. The largest absolute Gasteiger partial charge is 0.359 e. The van der Waals surface area contributed by atoms with Crippen molar-refractivity contribution < 1.29 is 9.94 Å². The van der Waals surface area contributed by atoms with Crippen molar-refractivity contribution in [3.63, 3.8) is 0 Å². The number of ether oxygens (including phenoxy) is 1. The normalized spacial score (nSPS) is 22.5. The van der Waals surface area contributed by atoms with Crippen LogP contribution in [0.25, 0.3) is 0 Å². The quantitative estimate of drug-likeness (QED) is 0.383. The Hall–Kier alpha value is -2.17. The molecule has 3 atom stereocenters. The van der Waals surface area contributed by atoms with Crippen LogP contribution in [0.15, 0.2) is 84.9 Å². The zero-order valence-electron chi connectivity index (χ0n) is 16.9. The molecule has 1 N–H and O–H groups in total. The highest BCUT2D eigenvalue weighted by molar-refractivity contribution is 6.30. The lowest BCUT2D eigenvalue weighted by Gasteiger charge is -2.42. The summed E-state index contributed by atoms with van der Waals surface area (Å²) in [6.07, 6.45) is -0.0354. The van der Waals surface area contributed by atoms with E-state index in [2.05, 4.69) is 19.1 Å². The van der Waals surface area contributed by atoms with Gasteiger partial charge < -0.3 is 9.94 Å².